The zero-order valence-electron chi connectivity index (χ0n) is 9.88. The summed E-state index contributed by atoms with van der Waals surface area (Å²) in [5.74, 6) is 0. The van der Waals surface area contributed by atoms with Gasteiger partial charge in [0, 0.05) is 19.2 Å². The van der Waals surface area contributed by atoms with Gasteiger partial charge < -0.3 is 10.1 Å². The number of ether oxygens (including phenoxy) is 1. The molecule has 1 N–H and O–H groups in total. The Kier molecular flexibility index (Phi) is 5.49. The number of hydrogen-bond donors (Lipinski definition) is 1. The molecule has 0 aromatic rings. The highest BCUT2D eigenvalue weighted by Crippen LogP contribution is 2.21. The lowest BCUT2D eigenvalue weighted by atomic mass is 9.92. The third kappa shape index (κ3) is 3.58. The fraction of sp³-hybridized carbons (Fsp3) is 1.00. The smallest absolute Gasteiger partial charge is 0.0572 e. The molecule has 0 atom stereocenters. The van der Waals surface area contributed by atoms with Crippen molar-refractivity contribution in [3.05, 3.63) is 0 Å². The summed E-state index contributed by atoms with van der Waals surface area (Å²) in [7, 11) is 1.83. The van der Waals surface area contributed by atoms with E-state index in [9.17, 15) is 0 Å². The van der Waals surface area contributed by atoms with Crippen LogP contribution in [0.25, 0.3) is 0 Å². The van der Waals surface area contributed by atoms with Crippen molar-refractivity contribution in [1.29, 1.82) is 0 Å². The van der Waals surface area contributed by atoms with E-state index in [4.69, 9.17) is 4.74 Å². The molecule has 0 aromatic heterocycles. The molecule has 2 nitrogen and oxygen atoms in total. The maximum atomic E-state index is 5.37. The van der Waals surface area contributed by atoms with Crippen LogP contribution in [0.3, 0.4) is 0 Å². The molecule has 0 amide bonds. The molecule has 1 aliphatic rings. The molecule has 0 bridgehead atoms. The number of rotatable bonds is 5. The van der Waals surface area contributed by atoms with Gasteiger partial charge in [0.05, 0.1) is 6.10 Å². The van der Waals surface area contributed by atoms with E-state index >= 15 is 0 Å². The van der Waals surface area contributed by atoms with Gasteiger partial charge in [0.1, 0.15) is 0 Å². The van der Waals surface area contributed by atoms with Crippen LogP contribution in [0, 0.1) is 0 Å². The summed E-state index contributed by atoms with van der Waals surface area (Å²) in [4.78, 5) is 0. The molecule has 1 fully saturated rings. The Morgan fingerprint density at radius 2 is 1.71 bits per heavy atom. The van der Waals surface area contributed by atoms with Crippen molar-refractivity contribution in [3.63, 3.8) is 0 Å². The Morgan fingerprint density at radius 1 is 1.14 bits per heavy atom. The molecule has 0 saturated heterocycles. The molecule has 84 valence electrons. The summed E-state index contributed by atoms with van der Waals surface area (Å²) in [5, 5.41) is 3.74. The van der Waals surface area contributed by atoms with Crippen LogP contribution in [0.4, 0.5) is 0 Å². The second-order valence-electron chi connectivity index (χ2n) is 4.39. The molecule has 2 heteroatoms. The number of methoxy groups -OCH3 is 1. The average Bonchev–Trinajstić information content (AvgIpc) is 2.26. The highest BCUT2D eigenvalue weighted by atomic mass is 16.5. The average molecular weight is 199 g/mol. The van der Waals surface area contributed by atoms with Gasteiger partial charge in [-0.05, 0) is 38.5 Å². The van der Waals surface area contributed by atoms with E-state index in [0.717, 1.165) is 12.1 Å². The van der Waals surface area contributed by atoms with Crippen LogP contribution in [0.1, 0.15) is 52.4 Å². The van der Waals surface area contributed by atoms with Gasteiger partial charge in [-0.25, -0.2) is 0 Å². The standard InChI is InChI=1S/C12H25NO/c1-4-10(5-2)13-11-6-8-12(14-3)9-7-11/h10-13H,4-9H2,1-3H3. The second kappa shape index (κ2) is 6.41. The summed E-state index contributed by atoms with van der Waals surface area (Å²) in [6, 6.07) is 1.46. The fourth-order valence-corrected chi connectivity index (χ4v) is 2.32. The first kappa shape index (κ1) is 12.0. The molecular weight excluding hydrogens is 174 g/mol. The summed E-state index contributed by atoms with van der Waals surface area (Å²) < 4.78 is 5.37. The van der Waals surface area contributed by atoms with Crippen LogP contribution in [0.2, 0.25) is 0 Å². The molecule has 1 rings (SSSR count). The molecular formula is C12H25NO. The molecule has 0 aliphatic heterocycles. The van der Waals surface area contributed by atoms with Crippen molar-refractivity contribution in [1.82, 2.24) is 5.32 Å². The third-order valence-electron chi connectivity index (χ3n) is 3.46. The Hall–Kier alpha value is -0.0800. The maximum absolute atomic E-state index is 5.37. The molecule has 0 unspecified atom stereocenters. The lowest BCUT2D eigenvalue weighted by Gasteiger charge is -2.31. The molecule has 1 aliphatic carbocycles. The van der Waals surface area contributed by atoms with Crippen molar-refractivity contribution in [3.8, 4) is 0 Å². The molecule has 0 heterocycles. The lowest BCUT2D eigenvalue weighted by Crippen LogP contribution is -2.40. The van der Waals surface area contributed by atoms with E-state index in [2.05, 4.69) is 19.2 Å². The molecule has 0 aromatic carbocycles. The van der Waals surface area contributed by atoms with Crippen LogP contribution in [0.15, 0.2) is 0 Å². The van der Waals surface area contributed by atoms with Crippen molar-refractivity contribution in [2.75, 3.05) is 7.11 Å². The van der Waals surface area contributed by atoms with Crippen molar-refractivity contribution in [2.24, 2.45) is 0 Å². The van der Waals surface area contributed by atoms with Crippen LogP contribution < -0.4 is 5.32 Å². The Bertz CT molecular complexity index is 137. The molecule has 0 radical (unpaired) electrons. The minimum Gasteiger partial charge on any atom is -0.381 e. The first-order valence-corrected chi connectivity index (χ1v) is 6.09. The zero-order valence-corrected chi connectivity index (χ0v) is 9.88. The first-order chi connectivity index (χ1) is 6.80. The van der Waals surface area contributed by atoms with E-state index in [0.29, 0.717) is 6.10 Å². The molecule has 1 saturated carbocycles. The lowest BCUT2D eigenvalue weighted by molar-refractivity contribution is 0.0610. The first-order valence-electron chi connectivity index (χ1n) is 6.09. The quantitative estimate of drug-likeness (QED) is 0.735. The minimum atomic E-state index is 0.523. The van der Waals surface area contributed by atoms with Crippen molar-refractivity contribution >= 4 is 0 Å². The van der Waals surface area contributed by atoms with Gasteiger partial charge in [-0.15, -0.1) is 0 Å². The van der Waals surface area contributed by atoms with Gasteiger partial charge in [-0.3, -0.25) is 0 Å². The number of hydrogen-bond acceptors (Lipinski definition) is 2. The van der Waals surface area contributed by atoms with E-state index in [1.165, 1.54) is 38.5 Å². The van der Waals surface area contributed by atoms with Crippen LogP contribution in [0.5, 0.6) is 0 Å². The van der Waals surface area contributed by atoms with Gasteiger partial charge >= 0.3 is 0 Å². The summed E-state index contributed by atoms with van der Waals surface area (Å²) >= 11 is 0. The Balaban J connectivity index is 2.21. The highest BCUT2D eigenvalue weighted by molar-refractivity contribution is 4.79. The van der Waals surface area contributed by atoms with Crippen LogP contribution in [-0.2, 0) is 4.74 Å². The summed E-state index contributed by atoms with van der Waals surface area (Å²) in [5.41, 5.74) is 0. The molecule has 0 spiro atoms. The third-order valence-corrected chi connectivity index (χ3v) is 3.46. The summed E-state index contributed by atoms with van der Waals surface area (Å²) in [6.07, 6.45) is 8.06. The maximum Gasteiger partial charge on any atom is 0.0572 e. The Labute approximate surface area is 88.4 Å². The van der Waals surface area contributed by atoms with E-state index in [1.54, 1.807) is 0 Å². The highest BCUT2D eigenvalue weighted by Gasteiger charge is 2.21. The second-order valence-corrected chi connectivity index (χ2v) is 4.39. The van der Waals surface area contributed by atoms with Gasteiger partial charge in [-0.2, -0.15) is 0 Å². The predicted molar refractivity (Wildman–Crippen MR) is 60.6 cm³/mol. The fourth-order valence-electron chi connectivity index (χ4n) is 2.32. The van der Waals surface area contributed by atoms with Crippen LogP contribution >= 0.6 is 0 Å². The molecule has 14 heavy (non-hydrogen) atoms. The predicted octanol–water partition coefficient (Wildman–Crippen LogP) is 2.72. The van der Waals surface area contributed by atoms with Crippen molar-refractivity contribution < 1.29 is 4.74 Å². The monoisotopic (exact) mass is 199 g/mol. The van der Waals surface area contributed by atoms with E-state index in [-0.39, 0.29) is 0 Å². The van der Waals surface area contributed by atoms with E-state index in [1.807, 2.05) is 7.11 Å². The van der Waals surface area contributed by atoms with Crippen molar-refractivity contribution in [2.45, 2.75) is 70.6 Å². The van der Waals surface area contributed by atoms with Gasteiger partial charge in [-0.1, -0.05) is 13.8 Å². The topological polar surface area (TPSA) is 21.3 Å². The van der Waals surface area contributed by atoms with Gasteiger partial charge in [0.25, 0.3) is 0 Å². The van der Waals surface area contributed by atoms with Gasteiger partial charge in [0.2, 0.25) is 0 Å². The normalized spacial score (nSPS) is 28.3. The Morgan fingerprint density at radius 3 is 2.14 bits per heavy atom. The minimum absolute atomic E-state index is 0.523. The number of nitrogens with one attached hydrogen (secondary N) is 1. The van der Waals surface area contributed by atoms with Crippen LogP contribution in [-0.4, -0.2) is 25.3 Å². The van der Waals surface area contributed by atoms with Gasteiger partial charge in [0.15, 0.2) is 0 Å². The van der Waals surface area contributed by atoms with E-state index < -0.39 is 0 Å². The summed E-state index contributed by atoms with van der Waals surface area (Å²) in [6.45, 7) is 4.53. The SMILES string of the molecule is CCC(CC)NC1CCC(OC)CC1. The largest absolute Gasteiger partial charge is 0.381 e. The zero-order chi connectivity index (χ0) is 10.4.